The Labute approximate surface area is 151 Å². The lowest BCUT2D eigenvalue weighted by Crippen LogP contribution is -2.39. The van der Waals surface area contributed by atoms with Crippen LogP contribution in [-0.2, 0) is 4.79 Å². The highest BCUT2D eigenvalue weighted by Gasteiger charge is 2.21. The molecule has 4 heteroatoms. The first-order chi connectivity index (χ1) is 12.1. The predicted molar refractivity (Wildman–Crippen MR) is 100 cm³/mol. The van der Waals surface area contributed by atoms with E-state index in [4.69, 9.17) is 4.74 Å². The van der Waals surface area contributed by atoms with Crippen LogP contribution in [-0.4, -0.2) is 36.3 Å². The number of ether oxygens (including phenoxy) is 1. The predicted octanol–water partition coefficient (Wildman–Crippen LogP) is 4.48. The lowest BCUT2D eigenvalue weighted by molar-refractivity contribution is -0.132. The number of nitrogens with zero attached hydrogens (tertiary/aromatic N) is 1. The van der Waals surface area contributed by atoms with Crippen LogP contribution in [0.2, 0.25) is 0 Å². The third-order valence-corrected chi connectivity index (χ3v) is 4.77. The number of benzene rings is 1. The van der Waals surface area contributed by atoms with Crippen molar-refractivity contribution in [3.63, 3.8) is 0 Å². The molecule has 1 aliphatic rings. The molecular weight excluding hydrogens is 314 g/mol. The maximum atomic E-state index is 12.3. The Kier molecular flexibility index (Phi) is 7.96. The average molecular weight is 345 g/mol. The summed E-state index contributed by atoms with van der Waals surface area (Å²) in [5, 5.41) is 0. The van der Waals surface area contributed by atoms with Gasteiger partial charge in [-0.15, -0.1) is 0 Å². The van der Waals surface area contributed by atoms with Gasteiger partial charge in [0, 0.05) is 31.5 Å². The molecule has 1 atom stereocenters. The van der Waals surface area contributed by atoms with Crippen LogP contribution in [0.4, 0.5) is 0 Å². The number of carbonyl (C=O) groups excluding carboxylic acids is 2. The van der Waals surface area contributed by atoms with Crippen molar-refractivity contribution in [2.24, 2.45) is 5.92 Å². The minimum Gasteiger partial charge on any atom is -0.494 e. The first-order valence-corrected chi connectivity index (χ1v) is 9.64. The van der Waals surface area contributed by atoms with Crippen LogP contribution in [0.5, 0.6) is 5.75 Å². The quantitative estimate of drug-likeness (QED) is 0.490. The van der Waals surface area contributed by atoms with Gasteiger partial charge in [0.1, 0.15) is 5.75 Å². The largest absolute Gasteiger partial charge is 0.494 e. The van der Waals surface area contributed by atoms with Crippen molar-refractivity contribution < 1.29 is 14.3 Å². The number of unbranched alkanes of at least 4 members (excludes halogenated alkanes) is 2. The highest BCUT2D eigenvalue weighted by atomic mass is 16.5. The van der Waals surface area contributed by atoms with E-state index in [9.17, 15) is 9.59 Å². The van der Waals surface area contributed by atoms with E-state index in [0.29, 0.717) is 24.5 Å². The lowest BCUT2D eigenvalue weighted by Gasteiger charge is -2.31. The molecule has 1 unspecified atom stereocenters. The zero-order chi connectivity index (χ0) is 18.1. The van der Waals surface area contributed by atoms with Crippen molar-refractivity contribution in [2.45, 2.75) is 58.8 Å². The smallest absolute Gasteiger partial charge is 0.223 e. The Hall–Kier alpha value is -1.84. The van der Waals surface area contributed by atoms with E-state index in [-0.39, 0.29) is 18.1 Å². The molecule has 0 aromatic heterocycles. The van der Waals surface area contributed by atoms with E-state index < -0.39 is 0 Å². The molecule has 1 amide bonds. The Morgan fingerprint density at radius 1 is 1.16 bits per heavy atom. The van der Waals surface area contributed by atoms with Crippen LogP contribution in [0.3, 0.4) is 0 Å². The molecule has 1 aromatic carbocycles. The van der Waals surface area contributed by atoms with Crippen molar-refractivity contribution in [1.82, 2.24) is 4.90 Å². The summed E-state index contributed by atoms with van der Waals surface area (Å²) in [5.41, 5.74) is 0.653. The summed E-state index contributed by atoms with van der Waals surface area (Å²) in [6, 6.07) is 7.27. The molecule has 1 saturated heterocycles. The van der Waals surface area contributed by atoms with Gasteiger partial charge in [-0.05, 0) is 49.4 Å². The van der Waals surface area contributed by atoms with Crippen LogP contribution in [0.15, 0.2) is 24.3 Å². The SMILES string of the molecule is CCCCCOc1ccc(C(=O)CCC(=O)N2CCCC(C)C2)cc1. The van der Waals surface area contributed by atoms with Gasteiger partial charge in [-0.2, -0.15) is 0 Å². The van der Waals surface area contributed by atoms with Gasteiger partial charge in [0.05, 0.1) is 6.61 Å². The number of carbonyl (C=O) groups is 2. The molecule has 138 valence electrons. The second-order valence-corrected chi connectivity index (χ2v) is 7.09. The van der Waals surface area contributed by atoms with Gasteiger partial charge in [-0.25, -0.2) is 0 Å². The van der Waals surface area contributed by atoms with Crippen molar-refractivity contribution in [3.8, 4) is 5.75 Å². The van der Waals surface area contributed by atoms with Crippen LogP contribution >= 0.6 is 0 Å². The number of hydrogen-bond acceptors (Lipinski definition) is 3. The summed E-state index contributed by atoms with van der Waals surface area (Å²) in [6.45, 7) is 6.72. The van der Waals surface area contributed by atoms with Crippen LogP contribution in [0.25, 0.3) is 0 Å². The Morgan fingerprint density at radius 3 is 2.60 bits per heavy atom. The molecule has 0 saturated carbocycles. The Morgan fingerprint density at radius 2 is 1.92 bits per heavy atom. The van der Waals surface area contributed by atoms with E-state index in [1.54, 1.807) is 12.1 Å². The number of Topliss-reactive ketones (excluding diaryl/α,β-unsaturated/α-hetero) is 1. The number of rotatable bonds is 9. The minimum atomic E-state index is 0.0240. The molecule has 1 heterocycles. The fourth-order valence-electron chi connectivity index (χ4n) is 3.22. The van der Waals surface area contributed by atoms with Crippen LogP contribution in [0, 0.1) is 5.92 Å². The fourth-order valence-corrected chi connectivity index (χ4v) is 3.22. The molecule has 0 bridgehead atoms. The summed E-state index contributed by atoms with van der Waals surface area (Å²) >= 11 is 0. The fraction of sp³-hybridized carbons (Fsp3) is 0.619. The van der Waals surface area contributed by atoms with E-state index in [2.05, 4.69) is 13.8 Å². The molecule has 1 aliphatic heterocycles. The van der Waals surface area contributed by atoms with E-state index in [1.165, 1.54) is 19.3 Å². The topological polar surface area (TPSA) is 46.6 Å². The summed E-state index contributed by atoms with van der Waals surface area (Å²) in [4.78, 5) is 26.5. The van der Waals surface area contributed by atoms with Gasteiger partial charge in [-0.1, -0.05) is 26.7 Å². The summed E-state index contributed by atoms with van der Waals surface area (Å²) in [6.07, 6.45) is 6.23. The van der Waals surface area contributed by atoms with Crippen molar-refractivity contribution in [2.75, 3.05) is 19.7 Å². The molecule has 0 aliphatic carbocycles. The van der Waals surface area contributed by atoms with E-state index in [1.807, 2.05) is 17.0 Å². The average Bonchev–Trinajstić information content (AvgIpc) is 2.63. The van der Waals surface area contributed by atoms with Gasteiger partial charge in [0.25, 0.3) is 0 Å². The van der Waals surface area contributed by atoms with Crippen molar-refractivity contribution >= 4 is 11.7 Å². The van der Waals surface area contributed by atoms with Gasteiger partial charge in [0.15, 0.2) is 5.78 Å². The molecule has 0 N–H and O–H groups in total. The lowest BCUT2D eigenvalue weighted by atomic mass is 9.99. The third kappa shape index (κ3) is 6.52. The van der Waals surface area contributed by atoms with Gasteiger partial charge < -0.3 is 9.64 Å². The zero-order valence-electron chi connectivity index (χ0n) is 15.6. The maximum absolute atomic E-state index is 12.3. The maximum Gasteiger partial charge on any atom is 0.223 e. The molecule has 0 spiro atoms. The Balaban J connectivity index is 1.75. The van der Waals surface area contributed by atoms with E-state index in [0.717, 1.165) is 31.7 Å². The monoisotopic (exact) mass is 345 g/mol. The summed E-state index contributed by atoms with van der Waals surface area (Å²) < 4.78 is 5.66. The normalized spacial score (nSPS) is 17.4. The van der Waals surface area contributed by atoms with Crippen molar-refractivity contribution in [3.05, 3.63) is 29.8 Å². The molecular formula is C21H31NO3. The number of hydrogen-bond donors (Lipinski definition) is 0. The standard InChI is InChI=1S/C21H31NO3/c1-3-4-5-15-25-19-10-8-18(9-11-19)20(23)12-13-21(24)22-14-6-7-17(2)16-22/h8-11,17H,3-7,12-16H2,1-2H3. The van der Waals surface area contributed by atoms with Crippen molar-refractivity contribution in [1.29, 1.82) is 0 Å². The second kappa shape index (κ2) is 10.2. The van der Waals surface area contributed by atoms with E-state index >= 15 is 0 Å². The van der Waals surface area contributed by atoms with Gasteiger partial charge in [0.2, 0.25) is 5.91 Å². The second-order valence-electron chi connectivity index (χ2n) is 7.09. The molecule has 25 heavy (non-hydrogen) atoms. The first-order valence-electron chi connectivity index (χ1n) is 9.64. The minimum absolute atomic E-state index is 0.0240. The molecule has 2 rings (SSSR count). The molecule has 4 nitrogen and oxygen atoms in total. The van der Waals surface area contributed by atoms with Crippen LogP contribution in [0.1, 0.15) is 69.2 Å². The summed E-state index contributed by atoms with van der Waals surface area (Å²) in [5.74, 6) is 1.50. The highest BCUT2D eigenvalue weighted by molar-refractivity contribution is 5.98. The molecule has 1 aromatic rings. The number of amides is 1. The first kappa shape index (κ1) is 19.5. The molecule has 0 radical (unpaired) electrons. The number of ketones is 1. The third-order valence-electron chi connectivity index (χ3n) is 4.77. The van der Waals surface area contributed by atoms with Gasteiger partial charge >= 0.3 is 0 Å². The number of piperidine rings is 1. The summed E-state index contributed by atoms with van der Waals surface area (Å²) in [7, 11) is 0. The van der Waals surface area contributed by atoms with Crippen LogP contribution < -0.4 is 4.74 Å². The van der Waals surface area contributed by atoms with Gasteiger partial charge in [-0.3, -0.25) is 9.59 Å². The molecule has 1 fully saturated rings. The highest BCUT2D eigenvalue weighted by Crippen LogP contribution is 2.18. The number of likely N-dealkylation sites (tertiary alicyclic amines) is 1. The Bertz CT molecular complexity index is 553. The zero-order valence-corrected chi connectivity index (χ0v) is 15.6.